The summed E-state index contributed by atoms with van der Waals surface area (Å²) in [4.78, 5) is 11.9. The van der Waals surface area contributed by atoms with Gasteiger partial charge in [-0.25, -0.2) is 0 Å². The summed E-state index contributed by atoms with van der Waals surface area (Å²) in [5.74, 6) is -0.0626. The molecule has 114 valence electrons. The first-order valence-electron chi connectivity index (χ1n) is 6.41. The van der Waals surface area contributed by atoms with Crippen molar-refractivity contribution in [2.45, 2.75) is 19.5 Å². The minimum Gasteiger partial charge on any atom is -0.324 e. The van der Waals surface area contributed by atoms with E-state index in [9.17, 15) is 4.79 Å². The Balaban J connectivity index is 0.00000110. The van der Waals surface area contributed by atoms with Crippen LogP contribution in [0.5, 0.6) is 0 Å². The predicted octanol–water partition coefficient (Wildman–Crippen LogP) is 2.01. The maximum Gasteiger partial charge on any atom is 0.246 e. The predicted molar refractivity (Wildman–Crippen MR) is 87.2 cm³/mol. The molecule has 1 amide bonds. The third kappa shape index (κ3) is 4.46. The lowest BCUT2D eigenvalue weighted by atomic mass is 10.0. The first-order chi connectivity index (χ1) is 9.31. The Morgan fingerprint density at radius 2 is 2.19 bits per heavy atom. The Morgan fingerprint density at radius 3 is 2.95 bits per heavy atom. The van der Waals surface area contributed by atoms with Gasteiger partial charge in [-0.2, -0.15) is 5.10 Å². The van der Waals surface area contributed by atoms with Crippen LogP contribution in [0.15, 0.2) is 36.7 Å². The van der Waals surface area contributed by atoms with Crippen LogP contribution >= 0.6 is 24.8 Å². The SMILES string of the molecule is Cl.Cl.O=C(Cn1cccn1)Nc1ccc2c(c1)CNCC2. The number of benzene rings is 1. The van der Waals surface area contributed by atoms with Crippen LogP contribution in [-0.4, -0.2) is 22.2 Å². The van der Waals surface area contributed by atoms with E-state index in [4.69, 9.17) is 0 Å². The number of halogens is 2. The van der Waals surface area contributed by atoms with Gasteiger partial charge in [-0.3, -0.25) is 9.48 Å². The molecule has 2 heterocycles. The van der Waals surface area contributed by atoms with E-state index < -0.39 is 0 Å². The monoisotopic (exact) mass is 328 g/mol. The molecule has 21 heavy (non-hydrogen) atoms. The van der Waals surface area contributed by atoms with Crippen molar-refractivity contribution in [2.75, 3.05) is 11.9 Å². The lowest BCUT2D eigenvalue weighted by Crippen LogP contribution is -2.24. The molecule has 0 spiro atoms. The summed E-state index contributed by atoms with van der Waals surface area (Å²) in [7, 11) is 0. The molecular weight excluding hydrogens is 311 g/mol. The van der Waals surface area contributed by atoms with Gasteiger partial charge >= 0.3 is 0 Å². The zero-order valence-corrected chi connectivity index (χ0v) is 13.0. The number of nitrogens with one attached hydrogen (secondary N) is 2. The highest BCUT2D eigenvalue weighted by Gasteiger charge is 2.10. The fourth-order valence-corrected chi connectivity index (χ4v) is 2.30. The maximum atomic E-state index is 11.9. The number of hydrogen-bond acceptors (Lipinski definition) is 3. The number of aromatic nitrogens is 2. The topological polar surface area (TPSA) is 59.0 Å². The first-order valence-corrected chi connectivity index (χ1v) is 6.41. The Bertz CT molecular complexity index is 587. The number of anilines is 1. The second-order valence-electron chi connectivity index (χ2n) is 4.66. The average Bonchev–Trinajstić information content (AvgIpc) is 2.91. The Labute approximate surface area is 135 Å². The van der Waals surface area contributed by atoms with Gasteiger partial charge < -0.3 is 10.6 Å². The molecule has 0 atom stereocenters. The number of nitrogens with zero attached hydrogens (tertiary/aromatic N) is 2. The Kier molecular flexibility index (Phi) is 6.68. The average molecular weight is 329 g/mol. The third-order valence-corrected chi connectivity index (χ3v) is 3.24. The molecule has 5 nitrogen and oxygen atoms in total. The summed E-state index contributed by atoms with van der Waals surface area (Å²) in [5, 5.41) is 10.2. The van der Waals surface area contributed by atoms with Crippen LogP contribution in [0.1, 0.15) is 11.1 Å². The number of fused-ring (bicyclic) bond motifs is 1. The van der Waals surface area contributed by atoms with Gasteiger partial charge in [0.25, 0.3) is 0 Å². The second-order valence-corrected chi connectivity index (χ2v) is 4.66. The molecule has 2 aromatic rings. The molecule has 0 unspecified atom stereocenters. The van der Waals surface area contributed by atoms with E-state index in [-0.39, 0.29) is 37.3 Å². The molecule has 0 saturated carbocycles. The van der Waals surface area contributed by atoms with Crippen molar-refractivity contribution in [3.8, 4) is 0 Å². The molecule has 0 aliphatic carbocycles. The van der Waals surface area contributed by atoms with Gasteiger partial charge in [0.2, 0.25) is 5.91 Å². The number of carbonyl (C=O) groups excluding carboxylic acids is 1. The molecular formula is C14H18Cl2N4O. The van der Waals surface area contributed by atoms with Crippen LogP contribution in [0.25, 0.3) is 0 Å². The van der Waals surface area contributed by atoms with Crippen LogP contribution in [0.4, 0.5) is 5.69 Å². The van der Waals surface area contributed by atoms with Crippen molar-refractivity contribution in [1.29, 1.82) is 0 Å². The van der Waals surface area contributed by atoms with Gasteiger partial charge in [0.15, 0.2) is 0 Å². The van der Waals surface area contributed by atoms with Gasteiger partial charge in [0.05, 0.1) is 0 Å². The molecule has 1 aliphatic heterocycles. The fraction of sp³-hybridized carbons (Fsp3) is 0.286. The fourth-order valence-electron chi connectivity index (χ4n) is 2.30. The van der Waals surface area contributed by atoms with E-state index in [0.717, 1.165) is 25.2 Å². The van der Waals surface area contributed by atoms with Gasteiger partial charge in [0.1, 0.15) is 6.54 Å². The highest BCUT2D eigenvalue weighted by molar-refractivity contribution is 5.90. The molecule has 1 aromatic carbocycles. The zero-order valence-electron chi connectivity index (χ0n) is 11.4. The van der Waals surface area contributed by atoms with Gasteiger partial charge in [-0.15, -0.1) is 24.8 Å². The van der Waals surface area contributed by atoms with Crippen molar-refractivity contribution in [2.24, 2.45) is 0 Å². The molecule has 0 fully saturated rings. The molecule has 1 aliphatic rings. The smallest absolute Gasteiger partial charge is 0.246 e. The van der Waals surface area contributed by atoms with E-state index in [1.165, 1.54) is 11.1 Å². The Morgan fingerprint density at radius 1 is 1.33 bits per heavy atom. The zero-order chi connectivity index (χ0) is 13.1. The summed E-state index contributed by atoms with van der Waals surface area (Å²) in [6, 6.07) is 7.91. The molecule has 3 rings (SSSR count). The third-order valence-electron chi connectivity index (χ3n) is 3.24. The molecule has 0 saturated heterocycles. The van der Waals surface area contributed by atoms with Crippen LogP contribution in [0.3, 0.4) is 0 Å². The summed E-state index contributed by atoms with van der Waals surface area (Å²) >= 11 is 0. The molecule has 0 bridgehead atoms. The lowest BCUT2D eigenvalue weighted by molar-refractivity contribution is -0.116. The minimum absolute atomic E-state index is 0. The summed E-state index contributed by atoms with van der Waals surface area (Å²) in [6.45, 7) is 2.14. The van der Waals surface area contributed by atoms with E-state index in [0.29, 0.717) is 0 Å². The molecule has 2 N–H and O–H groups in total. The van der Waals surface area contributed by atoms with E-state index in [1.54, 1.807) is 23.1 Å². The number of carbonyl (C=O) groups is 1. The summed E-state index contributed by atoms with van der Waals surface area (Å²) in [5.41, 5.74) is 3.48. The Hall–Kier alpha value is -1.56. The minimum atomic E-state index is -0.0626. The van der Waals surface area contributed by atoms with Gasteiger partial charge in [-0.05, 0) is 42.3 Å². The molecule has 0 radical (unpaired) electrons. The number of hydrogen-bond donors (Lipinski definition) is 2. The highest BCUT2D eigenvalue weighted by Crippen LogP contribution is 2.18. The van der Waals surface area contributed by atoms with Gasteiger partial charge in [0, 0.05) is 24.6 Å². The van der Waals surface area contributed by atoms with Gasteiger partial charge in [-0.1, -0.05) is 6.07 Å². The van der Waals surface area contributed by atoms with Crippen LogP contribution < -0.4 is 10.6 Å². The summed E-state index contributed by atoms with van der Waals surface area (Å²) in [6.07, 6.45) is 4.49. The first kappa shape index (κ1) is 17.5. The molecule has 7 heteroatoms. The van der Waals surface area contributed by atoms with Crippen molar-refractivity contribution in [3.05, 3.63) is 47.8 Å². The van der Waals surface area contributed by atoms with Crippen LogP contribution in [0.2, 0.25) is 0 Å². The second kappa shape index (κ2) is 8.02. The lowest BCUT2D eigenvalue weighted by Gasteiger charge is -2.18. The van der Waals surface area contributed by atoms with Crippen molar-refractivity contribution in [1.82, 2.24) is 15.1 Å². The summed E-state index contributed by atoms with van der Waals surface area (Å²) < 4.78 is 1.61. The van der Waals surface area contributed by atoms with E-state index in [1.807, 2.05) is 12.1 Å². The number of amides is 1. The highest BCUT2D eigenvalue weighted by atomic mass is 35.5. The van der Waals surface area contributed by atoms with Crippen LogP contribution in [-0.2, 0) is 24.3 Å². The van der Waals surface area contributed by atoms with Crippen LogP contribution in [0, 0.1) is 0 Å². The quantitative estimate of drug-likeness (QED) is 0.906. The number of rotatable bonds is 3. The molecule has 1 aromatic heterocycles. The van der Waals surface area contributed by atoms with Crippen molar-refractivity contribution in [3.63, 3.8) is 0 Å². The standard InChI is InChI=1S/C14H16N4O.2ClH/c19-14(10-18-7-1-5-16-18)17-13-3-2-11-4-6-15-9-12(11)8-13;;/h1-3,5,7-8,15H,4,6,9-10H2,(H,17,19);2*1H. The van der Waals surface area contributed by atoms with E-state index >= 15 is 0 Å². The largest absolute Gasteiger partial charge is 0.324 e. The van der Waals surface area contributed by atoms with Crippen molar-refractivity contribution >= 4 is 36.4 Å². The normalized spacial score (nSPS) is 12.6. The maximum absolute atomic E-state index is 11.9. The van der Waals surface area contributed by atoms with Crippen molar-refractivity contribution < 1.29 is 4.79 Å². The van der Waals surface area contributed by atoms with E-state index in [2.05, 4.69) is 21.8 Å².